The smallest absolute Gasteiger partial charge is 0.335 e. The summed E-state index contributed by atoms with van der Waals surface area (Å²) in [4.78, 5) is 21.4. The lowest BCUT2D eigenvalue weighted by Gasteiger charge is -2.09. The molecular weight excluding hydrogens is 314 g/mol. The molecule has 0 atom stereocenters. The summed E-state index contributed by atoms with van der Waals surface area (Å²) < 4.78 is 1.90. The summed E-state index contributed by atoms with van der Waals surface area (Å²) >= 11 is 1.62. The van der Waals surface area contributed by atoms with Crippen molar-refractivity contribution in [2.75, 3.05) is 11.9 Å². The Morgan fingerprint density at radius 3 is 3.09 bits per heavy atom. The van der Waals surface area contributed by atoms with E-state index in [2.05, 4.69) is 20.6 Å². The molecule has 0 amide bonds. The molecule has 0 saturated carbocycles. The number of hydrogen-bond donors (Lipinski definition) is 3. The number of aromatic carboxylic acids is 1. The molecule has 3 heterocycles. The number of rotatable bonds is 3. The van der Waals surface area contributed by atoms with Crippen molar-refractivity contribution in [1.29, 1.82) is 0 Å². The minimum absolute atomic E-state index is 0.234. The molecule has 7 nitrogen and oxygen atoms in total. The molecule has 2 aromatic heterocycles. The fourth-order valence-electron chi connectivity index (χ4n) is 2.72. The fraction of sp³-hybridized carbons (Fsp3) is 0.267. The van der Waals surface area contributed by atoms with Gasteiger partial charge in [-0.1, -0.05) is 0 Å². The normalized spacial score (nSPS) is 14.0. The van der Waals surface area contributed by atoms with Crippen molar-refractivity contribution in [3.8, 4) is 0 Å². The molecule has 0 bridgehead atoms. The monoisotopic (exact) mass is 329 g/mol. The van der Waals surface area contributed by atoms with E-state index in [1.165, 1.54) is 4.88 Å². The minimum atomic E-state index is -0.952. The number of carbonyl (C=O) groups is 1. The van der Waals surface area contributed by atoms with Gasteiger partial charge in [-0.15, -0.1) is 11.3 Å². The fourth-order valence-corrected chi connectivity index (χ4v) is 3.69. The third-order valence-electron chi connectivity index (χ3n) is 3.95. The van der Waals surface area contributed by atoms with Gasteiger partial charge in [-0.2, -0.15) is 0 Å². The molecule has 0 radical (unpaired) electrons. The highest BCUT2D eigenvalue weighted by Crippen LogP contribution is 2.29. The van der Waals surface area contributed by atoms with Crippen LogP contribution in [0.25, 0.3) is 11.0 Å². The molecular formula is C15H15N5O2S. The first-order valence-corrected chi connectivity index (χ1v) is 8.09. The highest BCUT2D eigenvalue weighted by Gasteiger charge is 2.17. The second-order valence-corrected chi connectivity index (χ2v) is 6.53. The molecule has 0 saturated heterocycles. The van der Waals surface area contributed by atoms with Crippen LogP contribution in [0.3, 0.4) is 0 Å². The standard InChI is InChI=1S/C15H15N5O2S/c1-20-11-3-2-8(13(21)22)6-10(11)17-14(20)19-15-18-9-4-5-16-7-12(9)23-15/h2-3,6,16H,4-5,7H2,1H3,(H,21,22)(H,17,18,19). The molecule has 23 heavy (non-hydrogen) atoms. The summed E-state index contributed by atoms with van der Waals surface area (Å²) in [5.74, 6) is -0.297. The number of anilines is 2. The Kier molecular flexibility index (Phi) is 3.28. The van der Waals surface area contributed by atoms with Crippen LogP contribution in [0, 0.1) is 0 Å². The molecule has 118 valence electrons. The van der Waals surface area contributed by atoms with Gasteiger partial charge in [-0.3, -0.25) is 0 Å². The Hall–Kier alpha value is -2.45. The number of carboxylic acid groups (broad SMARTS) is 1. The van der Waals surface area contributed by atoms with Crippen LogP contribution in [0.1, 0.15) is 20.9 Å². The zero-order chi connectivity index (χ0) is 16.0. The molecule has 3 aromatic rings. The van der Waals surface area contributed by atoms with E-state index in [1.807, 2.05) is 11.6 Å². The lowest BCUT2D eigenvalue weighted by atomic mass is 10.2. The highest BCUT2D eigenvalue weighted by atomic mass is 32.1. The van der Waals surface area contributed by atoms with Crippen LogP contribution in [0.15, 0.2) is 18.2 Å². The van der Waals surface area contributed by atoms with Crippen molar-refractivity contribution in [2.45, 2.75) is 13.0 Å². The average Bonchev–Trinajstić information content (AvgIpc) is 3.08. The van der Waals surface area contributed by atoms with Crippen molar-refractivity contribution in [3.05, 3.63) is 34.3 Å². The predicted octanol–water partition coefficient (Wildman–Crippen LogP) is 2.12. The van der Waals surface area contributed by atoms with E-state index < -0.39 is 5.97 Å². The third-order valence-corrected chi connectivity index (χ3v) is 4.96. The lowest BCUT2D eigenvalue weighted by molar-refractivity contribution is 0.0697. The molecule has 0 fully saturated rings. The second-order valence-electron chi connectivity index (χ2n) is 5.44. The van der Waals surface area contributed by atoms with Crippen molar-refractivity contribution < 1.29 is 9.90 Å². The van der Waals surface area contributed by atoms with Gasteiger partial charge in [0.05, 0.1) is 22.3 Å². The maximum atomic E-state index is 11.1. The first-order chi connectivity index (χ1) is 11.1. The molecule has 0 spiro atoms. The van der Waals surface area contributed by atoms with Crippen LogP contribution in [-0.4, -0.2) is 32.2 Å². The molecule has 0 aliphatic carbocycles. The summed E-state index contributed by atoms with van der Waals surface area (Å²) in [6, 6.07) is 4.94. The quantitative estimate of drug-likeness (QED) is 0.682. The number of hydrogen-bond acceptors (Lipinski definition) is 6. The van der Waals surface area contributed by atoms with E-state index in [0.717, 1.165) is 35.9 Å². The number of imidazole rings is 1. The van der Waals surface area contributed by atoms with E-state index in [9.17, 15) is 4.79 Å². The van der Waals surface area contributed by atoms with Crippen LogP contribution in [0.4, 0.5) is 11.1 Å². The maximum absolute atomic E-state index is 11.1. The molecule has 3 N–H and O–H groups in total. The van der Waals surface area contributed by atoms with Gasteiger partial charge in [-0.25, -0.2) is 14.8 Å². The first-order valence-electron chi connectivity index (χ1n) is 7.28. The zero-order valence-electron chi connectivity index (χ0n) is 12.5. The van der Waals surface area contributed by atoms with Crippen LogP contribution >= 0.6 is 11.3 Å². The number of fused-ring (bicyclic) bond motifs is 2. The van der Waals surface area contributed by atoms with Crippen molar-refractivity contribution in [2.24, 2.45) is 7.05 Å². The van der Waals surface area contributed by atoms with Gasteiger partial charge in [0.25, 0.3) is 0 Å². The zero-order valence-corrected chi connectivity index (χ0v) is 13.3. The van der Waals surface area contributed by atoms with Crippen LogP contribution in [-0.2, 0) is 20.0 Å². The summed E-state index contributed by atoms with van der Waals surface area (Å²) in [5, 5.41) is 16.5. The summed E-state index contributed by atoms with van der Waals surface area (Å²) in [7, 11) is 1.90. The van der Waals surface area contributed by atoms with Gasteiger partial charge in [0.2, 0.25) is 5.95 Å². The number of thiazole rings is 1. The topological polar surface area (TPSA) is 92.1 Å². The number of nitrogens with zero attached hydrogens (tertiary/aromatic N) is 3. The van der Waals surface area contributed by atoms with Gasteiger partial charge in [0.1, 0.15) is 0 Å². The number of aromatic nitrogens is 3. The van der Waals surface area contributed by atoms with Gasteiger partial charge in [-0.05, 0) is 18.2 Å². The molecule has 8 heteroatoms. The molecule has 1 aliphatic heterocycles. The molecule has 0 unspecified atom stereocenters. The average molecular weight is 329 g/mol. The Labute approximate surface area is 136 Å². The largest absolute Gasteiger partial charge is 0.478 e. The number of aryl methyl sites for hydroxylation is 1. The highest BCUT2D eigenvalue weighted by molar-refractivity contribution is 7.15. The van der Waals surface area contributed by atoms with E-state index in [-0.39, 0.29) is 5.56 Å². The molecule has 1 aliphatic rings. The Bertz CT molecular complexity index is 891. The third kappa shape index (κ3) is 2.45. The summed E-state index contributed by atoms with van der Waals surface area (Å²) in [6.07, 6.45) is 0.942. The van der Waals surface area contributed by atoms with Gasteiger partial charge in [0.15, 0.2) is 5.13 Å². The van der Waals surface area contributed by atoms with Gasteiger partial charge < -0.3 is 20.3 Å². The minimum Gasteiger partial charge on any atom is -0.478 e. The number of nitrogens with one attached hydrogen (secondary N) is 2. The lowest BCUT2D eigenvalue weighted by Crippen LogP contribution is -2.22. The van der Waals surface area contributed by atoms with Crippen molar-refractivity contribution >= 4 is 39.4 Å². The predicted molar refractivity (Wildman–Crippen MR) is 88.5 cm³/mol. The Morgan fingerprint density at radius 2 is 2.30 bits per heavy atom. The van der Waals surface area contributed by atoms with Gasteiger partial charge >= 0.3 is 5.97 Å². The van der Waals surface area contributed by atoms with Crippen LogP contribution in [0.5, 0.6) is 0 Å². The Morgan fingerprint density at radius 1 is 1.43 bits per heavy atom. The van der Waals surface area contributed by atoms with Crippen molar-refractivity contribution in [1.82, 2.24) is 19.9 Å². The Balaban J connectivity index is 1.69. The van der Waals surface area contributed by atoms with Crippen molar-refractivity contribution in [3.63, 3.8) is 0 Å². The number of benzene rings is 1. The molecule has 4 rings (SSSR count). The van der Waals surface area contributed by atoms with E-state index >= 15 is 0 Å². The van der Waals surface area contributed by atoms with Crippen LogP contribution < -0.4 is 10.6 Å². The molecule has 1 aromatic carbocycles. The maximum Gasteiger partial charge on any atom is 0.335 e. The first kappa shape index (κ1) is 14.2. The number of carboxylic acids is 1. The van der Waals surface area contributed by atoms with Crippen LogP contribution in [0.2, 0.25) is 0 Å². The second kappa shape index (κ2) is 5.32. The SMILES string of the molecule is Cn1c(Nc2nc3c(s2)CNCC3)nc2cc(C(=O)O)ccc21. The van der Waals surface area contributed by atoms with E-state index in [1.54, 1.807) is 29.5 Å². The summed E-state index contributed by atoms with van der Waals surface area (Å²) in [6.45, 7) is 1.82. The van der Waals surface area contributed by atoms with Gasteiger partial charge in [0, 0.05) is 31.4 Å². The summed E-state index contributed by atoms with van der Waals surface area (Å²) in [5.41, 5.74) is 2.90. The van der Waals surface area contributed by atoms with E-state index in [4.69, 9.17) is 5.11 Å². The van der Waals surface area contributed by atoms with E-state index in [0.29, 0.717) is 11.5 Å².